The minimum Gasteiger partial charge on any atom is -0.393 e. The van der Waals surface area contributed by atoms with E-state index in [2.05, 4.69) is 19.2 Å². The lowest BCUT2D eigenvalue weighted by atomic mass is 9.98. The lowest BCUT2D eigenvalue weighted by molar-refractivity contribution is 0.102. The Balaban J connectivity index is 2.34. The van der Waals surface area contributed by atoms with Crippen LogP contribution in [0.25, 0.3) is 0 Å². The predicted molar refractivity (Wildman–Crippen MR) is 37.3 cm³/mol. The average Bonchev–Trinajstić information content (AvgIpc) is 1.59. The van der Waals surface area contributed by atoms with Crippen molar-refractivity contribution in [3.63, 3.8) is 0 Å². The van der Waals surface area contributed by atoms with Gasteiger partial charge >= 0.3 is 0 Å². The molecule has 0 aromatic carbocycles. The van der Waals surface area contributed by atoms with E-state index in [0.29, 0.717) is 12.1 Å². The fraction of sp³-hybridized carbons (Fsp3) is 1.00. The van der Waals surface area contributed by atoms with E-state index in [1.54, 1.807) is 0 Å². The molecule has 1 heterocycles. The summed E-state index contributed by atoms with van der Waals surface area (Å²) in [6.07, 6.45) is 1.74. The third kappa shape index (κ3) is 1.95. The van der Waals surface area contributed by atoms with Crippen molar-refractivity contribution in [1.29, 1.82) is 0 Å². The Bertz CT molecular complexity index is 69.9. The Morgan fingerprint density at radius 1 is 1.22 bits per heavy atom. The first-order chi connectivity index (χ1) is 4.18. The quantitative estimate of drug-likeness (QED) is 0.499. The van der Waals surface area contributed by atoms with Gasteiger partial charge in [-0.05, 0) is 26.7 Å². The van der Waals surface area contributed by atoms with Crippen LogP contribution in [0.4, 0.5) is 0 Å². The molecule has 0 aliphatic carbocycles. The Kier molecular flexibility index (Phi) is 2.09. The maximum Gasteiger partial charge on any atom is 0.0569 e. The van der Waals surface area contributed by atoms with Crippen molar-refractivity contribution < 1.29 is 5.11 Å². The van der Waals surface area contributed by atoms with E-state index in [4.69, 9.17) is 0 Å². The van der Waals surface area contributed by atoms with Crippen LogP contribution in [-0.2, 0) is 0 Å². The van der Waals surface area contributed by atoms with Crippen LogP contribution >= 0.6 is 0 Å². The number of aliphatic hydroxyl groups is 1. The highest BCUT2D eigenvalue weighted by Gasteiger charge is 2.20. The Hall–Kier alpha value is -0.0800. The molecule has 0 bridgehead atoms. The van der Waals surface area contributed by atoms with Gasteiger partial charge in [0.05, 0.1) is 6.10 Å². The molecule has 2 heteroatoms. The normalized spacial score (nSPS) is 45.0. The summed E-state index contributed by atoms with van der Waals surface area (Å²) in [6.45, 7) is 4.22. The first kappa shape index (κ1) is 7.03. The van der Waals surface area contributed by atoms with E-state index in [9.17, 15) is 5.11 Å². The molecule has 1 aliphatic heterocycles. The number of nitrogens with one attached hydrogen (secondary N) is 1. The van der Waals surface area contributed by atoms with Gasteiger partial charge in [-0.2, -0.15) is 0 Å². The highest BCUT2D eigenvalue weighted by atomic mass is 16.3. The lowest BCUT2D eigenvalue weighted by Gasteiger charge is -2.29. The molecule has 0 radical (unpaired) electrons. The summed E-state index contributed by atoms with van der Waals surface area (Å²) in [5.74, 6) is 0. The number of aliphatic hydroxyl groups excluding tert-OH is 1. The molecule has 0 aromatic heterocycles. The van der Waals surface area contributed by atoms with Gasteiger partial charge in [0.2, 0.25) is 0 Å². The lowest BCUT2D eigenvalue weighted by Crippen LogP contribution is -2.44. The smallest absolute Gasteiger partial charge is 0.0569 e. The molecule has 0 saturated carbocycles. The molecule has 2 nitrogen and oxygen atoms in total. The molecule has 1 fully saturated rings. The number of hydrogen-bond donors (Lipinski definition) is 2. The van der Waals surface area contributed by atoms with Crippen LogP contribution in [0, 0.1) is 0 Å². The van der Waals surface area contributed by atoms with Gasteiger partial charge in [0.15, 0.2) is 0 Å². The SMILES string of the molecule is C[C@@H]1CC(O)C[C@H](C)N1. The maximum absolute atomic E-state index is 9.21. The zero-order valence-electron chi connectivity index (χ0n) is 6.09. The van der Waals surface area contributed by atoms with Crippen LogP contribution in [0.5, 0.6) is 0 Å². The summed E-state index contributed by atoms with van der Waals surface area (Å²) < 4.78 is 0. The highest BCUT2D eigenvalue weighted by molar-refractivity contribution is 4.79. The maximum atomic E-state index is 9.21. The second-order valence-corrected chi connectivity index (χ2v) is 3.09. The van der Waals surface area contributed by atoms with Gasteiger partial charge < -0.3 is 10.4 Å². The van der Waals surface area contributed by atoms with Gasteiger partial charge in [0.1, 0.15) is 0 Å². The van der Waals surface area contributed by atoms with Crippen LogP contribution in [0.3, 0.4) is 0 Å². The Labute approximate surface area is 56.3 Å². The summed E-state index contributed by atoms with van der Waals surface area (Å²) in [5, 5.41) is 12.6. The minimum absolute atomic E-state index is 0.0729. The molecule has 1 aliphatic rings. The minimum atomic E-state index is -0.0729. The predicted octanol–water partition coefficient (Wildman–Crippen LogP) is 0.508. The fourth-order valence-electron chi connectivity index (χ4n) is 1.53. The van der Waals surface area contributed by atoms with Crippen molar-refractivity contribution in [3.8, 4) is 0 Å². The van der Waals surface area contributed by atoms with Gasteiger partial charge in [-0.1, -0.05) is 0 Å². The zero-order chi connectivity index (χ0) is 6.85. The number of piperidine rings is 1. The number of hydrogen-bond acceptors (Lipinski definition) is 2. The van der Waals surface area contributed by atoms with E-state index in [1.807, 2.05) is 0 Å². The number of rotatable bonds is 0. The van der Waals surface area contributed by atoms with E-state index >= 15 is 0 Å². The van der Waals surface area contributed by atoms with Gasteiger partial charge in [-0.3, -0.25) is 0 Å². The molecule has 9 heavy (non-hydrogen) atoms. The average molecular weight is 129 g/mol. The first-order valence-electron chi connectivity index (χ1n) is 3.62. The van der Waals surface area contributed by atoms with Gasteiger partial charge in [0.25, 0.3) is 0 Å². The van der Waals surface area contributed by atoms with Crippen molar-refractivity contribution >= 4 is 0 Å². The summed E-state index contributed by atoms with van der Waals surface area (Å²) in [6, 6.07) is 0.979. The second-order valence-electron chi connectivity index (χ2n) is 3.09. The van der Waals surface area contributed by atoms with Crippen LogP contribution in [0.2, 0.25) is 0 Å². The summed E-state index contributed by atoms with van der Waals surface area (Å²) in [4.78, 5) is 0. The third-order valence-electron chi connectivity index (χ3n) is 1.82. The van der Waals surface area contributed by atoms with E-state index < -0.39 is 0 Å². The van der Waals surface area contributed by atoms with Crippen molar-refractivity contribution in [1.82, 2.24) is 5.32 Å². The topological polar surface area (TPSA) is 32.3 Å². The van der Waals surface area contributed by atoms with Crippen LogP contribution in [0.1, 0.15) is 26.7 Å². The molecule has 0 spiro atoms. The third-order valence-corrected chi connectivity index (χ3v) is 1.82. The molecule has 1 rings (SSSR count). The molecule has 54 valence electrons. The van der Waals surface area contributed by atoms with Gasteiger partial charge in [-0.15, -0.1) is 0 Å². The molecule has 1 unspecified atom stereocenters. The fourth-order valence-corrected chi connectivity index (χ4v) is 1.53. The summed E-state index contributed by atoms with van der Waals surface area (Å²) in [7, 11) is 0. The van der Waals surface area contributed by atoms with E-state index in [1.165, 1.54) is 0 Å². The van der Waals surface area contributed by atoms with Crippen molar-refractivity contribution in [2.24, 2.45) is 0 Å². The Morgan fingerprint density at radius 3 is 2.00 bits per heavy atom. The van der Waals surface area contributed by atoms with Crippen molar-refractivity contribution in [2.45, 2.75) is 44.9 Å². The standard InChI is InChI=1S/C7H15NO/c1-5-3-7(9)4-6(2)8-5/h5-9H,3-4H2,1-2H3/t5-,6+,7?. The first-order valence-corrected chi connectivity index (χ1v) is 3.62. The Morgan fingerprint density at radius 2 is 1.67 bits per heavy atom. The van der Waals surface area contributed by atoms with Crippen LogP contribution < -0.4 is 5.32 Å². The zero-order valence-corrected chi connectivity index (χ0v) is 6.09. The molecule has 1 saturated heterocycles. The monoisotopic (exact) mass is 129 g/mol. The van der Waals surface area contributed by atoms with Crippen LogP contribution in [-0.4, -0.2) is 23.3 Å². The van der Waals surface area contributed by atoms with E-state index in [0.717, 1.165) is 12.8 Å². The van der Waals surface area contributed by atoms with Crippen molar-refractivity contribution in [2.75, 3.05) is 0 Å². The van der Waals surface area contributed by atoms with Crippen molar-refractivity contribution in [3.05, 3.63) is 0 Å². The van der Waals surface area contributed by atoms with Gasteiger partial charge in [-0.25, -0.2) is 0 Å². The van der Waals surface area contributed by atoms with Gasteiger partial charge in [0, 0.05) is 12.1 Å². The molecule has 3 atom stereocenters. The highest BCUT2D eigenvalue weighted by Crippen LogP contribution is 2.11. The second kappa shape index (κ2) is 2.67. The molecular weight excluding hydrogens is 114 g/mol. The van der Waals surface area contributed by atoms with E-state index in [-0.39, 0.29) is 6.10 Å². The molecule has 0 aromatic rings. The summed E-state index contributed by atoms with van der Waals surface area (Å²) in [5.41, 5.74) is 0. The van der Waals surface area contributed by atoms with Crippen LogP contribution in [0.15, 0.2) is 0 Å². The molecular formula is C7H15NO. The largest absolute Gasteiger partial charge is 0.393 e. The summed E-state index contributed by atoms with van der Waals surface area (Å²) >= 11 is 0. The molecule has 2 N–H and O–H groups in total. The molecule has 0 amide bonds.